The first kappa shape index (κ1) is 76.2. The maximum Gasteiger partial charge on any atom is 0.182 e. The van der Waals surface area contributed by atoms with Crippen LogP contribution >= 0.6 is 24.4 Å². The van der Waals surface area contributed by atoms with Gasteiger partial charge in [0.05, 0.1) is 10.6 Å². The molecule has 6 aromatic rings. The maximum atomic E-state index is 12.2. The lowest BCUT2D eigenvalue weighted by Gasteiger charge is -2.07. The first-order valence-corrected chi connectivity index (χ1v) is 28.1. The Balaban J connectivity index is -0.000000130. The third-order valence-corrected chi connectivity index (χ3v) is 10.5. The van der Waals surface area contributed by atoms with Crippen LogP contribution in [0.1, 0.15) is 165 Å². The molecule has 6 aromatic carbocycles. The highest BCUT2D eigenvalue weighted by molar-refractivity contribution is 7.98. The molecule has 374 valence electrons. The van der Waals surface area contributed by atoms with Gasteiger partial charge in [0.15, 0.2) is 9.84 Å². The quantitative estimate of drug-likeness (QED) is 0.128. The molecular formula is C61H100O2S3. The molecule has 0 heterocycles. The molecule has 0 unspecified atom stereocenters. The van der Waals surface area contributed by atoms with Gasteiger partial charge in [-0.2, -0.15) is 0 Å². The van der Waals surface area contributed by atoms with Crippen LogP contribution in [0, 0.1) is 20.8 Å². The van der Waals surface area contributed by atoms with Gasteiger partial charge in [0.2, 0.25) is 0 Å². The predicted molar refractivity (Wildman–Crippen MR) is 312 cm³/mol. The number of hydrogen-bond donors (Lipinski definition) is 1. The molecule has 0 aliphatic rings. The summed E-state index contributed by atoms with van der Waals surface area (Å²) in [5, 5.41) is 0. The summed E-state index contributed by atoms with van der Waals surface area (Å²) in [7, 11) is -3.24. The van der Waals surface area contributed by atoms with Gasteiger partial charge < -0.3 is 0 Å². The van der Waals surface area contributed by atoms with E-state index in [2.05, 4.69) is 112 Å². The molecular weight excluding hydrogens is 861 g/mol. The second-order valence-corrected chi connectivity index (χ2v) is 14.7. The second kappa shape index (κ2) is 61.0. The highest BCUT2D eigenvalue weighted by Crippen LogP contribution is 2.23. The van der Waals surface area contributed by atoms with Crippen LogP contribution in [0.4, 0.5) is 0 Å². The van der Waals surface area contributed by atoms with E-state index >= 15 is 0 Å². The van der Waals surface area contributed by atoms with E-state index in [1.54, 1.807) is 24.3 Å². The Bertz CT molecular complexity index is 1870. The van der Waals surface area contributed by atoms with Gasteiger partial charge in [0.1, 0.15) is 0 Å². The van der Waals surface area contributed by atoms with E-state index in [-0.39, 0.29) is 5.75 Å². The molecule has 0 saturated heterocycles. The molecule has 66 heavy (non-hydrogen) atoms. The van der Waals surface area contributed by atoms with E-state index in [1.807, 2.05) is 204 Å². The Kier molecular flexibility index (Phi) is 70.4. The topological polar surface area (TPSA) is 34.1 Å². The van der Waals surface area contributed by atoms with Crippen LogP contribution in [0.15, 0.2) is 178 Å². The summed E-state index contributed by atoms with van der Waals surface area (Å²) >= 11 is 5.97. The van der Waals surface area contributed by atoms with Crippen LogP contribution < -0.4 is 0 Å². The lowest BCUT2D eigenvalue weighted by molar-refractivity contribution is 0.595. The Hall–Kier alpha value is -4.03. The largest absolute Gasteiger partial charge is 0.223 e. The maximum absolute atomic E-state index is 12.2. The molecule has 0 radical (unpaired) electrons. The zero-order valence-corrected chi connectivity index (χ0v) is 48.8. The van der Waals surface area contributed by atoms with Gasteiger partial charge in [-0.3, -0.25) is 0 Å². The fourth-order valence-electron chi connectivity index (χ4n) is 4.57. The van der Waals surface area contributed by atoms with E-state index in [4.69, 9.17) is 0 Å². The van der Waals surface area contributed by atoms with Crippen molar-refractivity contribution in [3.05, 3.63) is 197 Å². The van der Waals surface area contributed by atoms with Gasteiger partial charge >= 0.3 is 0 Å². The van der Waals surface area contributed by atoms with Crippen molar-refractivity contribution in [2.45, 2.75) is 185 Å². The van der Waals surface area contributed by atoms with Crippen molar-refractivity contribution in [1.29, 1.82) is 0 Å². The Morgan fingerprint density at radius 3 is 0.970 bits per heavy atom. The summed E-state index contributed by atoms with van der Waals surface area (Å²) in [5.41, 5.74) is 7.52. The molecule has 0 fully saturated rings. The zero-order chi connectivity index (χ0) is 52.6. The average Bonchev–Trinajstić information content (AvgIpc) is 3.41. The van der Waals surface area contributed by atoms with Crippen LogP contribution in [0.3, 0.4) is 0 Å². The molecule has 0 atom stereocenters. The summed E-state index contributed by atoms with van der Waals surface area (Å²) < 4.78 is 24.3. The molecule has 0 aromatic heterocycles. The van der Waals surface area contributed by atoms with Crippen molar-refractivity contribution in [3.63, 3.8) is 0 Å². The fraction of sp³-hybridized carbons (Fsp3) is 0.410. The molecule has 0 bridgehead atoms. The van der Waals surface area contributed by atoms with Gasteiger partial charge in [-0.05, 0) is 97.0 Å². The van der Waals surface area contributed by atoms with Crippen molar-refractivity contribution in [3.8, 4) is 0 Å². The summed E-state index contributed by atoms with van der Waals surface area (Å²) in [5.74, 6) is 1.11. The molecule has 0 saturated carbocycles. The number of sulfone groups is 1. The highest BCUT2D eigenvalue weighted by atomic mass is 32.2. The van der Waals surface area contributed by atoms with Crippen LogP contribution in [-0.2, 0) is 27.8 Å². The predicted octanol–water partition coefficient (Wildman–Crippen LogP) is 21.0. The molecule has 0 N–H and O–H groups in total. The summed E-state index contributed by atoms with van der Waals surface area (Å²) in [4.78, 5) is 2.73. The van der Waals surface area contributed by atoms with E-state index < -0.39 is 9.84 Å². The minimum Gasteiger partial charge on any atom is -0.223 e. The van der Waals surface area contributed by atoms with Gasteiger partial charge in [-0.15, -0.1) is 24.4 Å². The lowest BCUT2D eigenvalue weighted by Crippen LogP contribution is -2.05. The molecule has 0 amide bonds. The average molecular weight is 962 g/mol. The zero-order valence-electron chi connectivity index (χ0n) is 46.3. The second-order valence-electron chi connectivity index (χ2n) is 11.1. The number of benzene rings is 6. The van der Waals surface area contributed by atoms with Crippen LogP contribution in [-0.4, -0.2) is 8.42 Å². The van der Waals surface area contributed by atoms with E-state index in [1.165, 1.54) is 27.1 Å². The van der Waals surface area contributed by atoms with Gasteiger partial charge in [0.25, 0.3) is 0 Å². The van der Waals surface area contributed by atoms with Crippen LogP contribution in [0.5, 0.6) is 0 Å². The highest BCUT2D eigenvalue weighted by Gasteiger charge is 2.15. The number of thioether (sulfide) groups is 1. The number of hydrogen-bond acceptors (Lipinski definition) is 4. The number of rotatable bonds is 7. The molecule has 0 spiro atoms. The summed E-state index contributed by atoms with van der Waals surface area (Å²) in [6.45, 7) is 44.4. The molecule has 0 aliphatic heterocycles. The van der Waals surface area contributed by atoms with Crippen molar-refractivity contribution in [1.82, 2.24) is 0 Å². The molecule has 5 heteroatoms. The minimum absolute atomic E-state index is 0.0592. The standard InChI is InChI=1S/C14H14O2S.C14H14S.C9H12.C6H6S.9C2H6/c1-12-7-5-6-8-13(12)11-17(15,16)14-9-3-2-4-10-14;1-12-7-5-6-8-13(12)11-15-14-9-3-2-4-10-14;1-3-9-7-5-4-6-8(9)2;7-6-4-2-1-3-5-6;9*1-2/h2-10H,11H2,1H3;2-10H,11H2,1H3;4-7H,3H2,1-2H3;1-5,7H;9*1-2H3. The molecule has 0 aliphatic carbocycles. The first-order chi connectivity index (χ1) is 32.2. The van der Waals surface area contributed by atoms with E-state index in [0.29, 0.717) is 4.90 Å². The van der Waals surface area contributed by atoms with Gasteiger partial charge in [-0.25, -0.2) is 8.42 Å². The first-order valence-electron chi connectivity index (χ1n) is 25.0. The Morgan fingerprint density at radius 2 is 0.667 bits per heavy atom. The van der Waals surface area contributed by atoms with E-state index in [0.717, 1.165) is 28.2 Å². The monoisotopic (exact) mass is 961 g/mol. The number of thiol groups is 1. The third kappa shape index (κ3) is 41.4. The lowest BCUT2D eigenvalue weighted by atomic mass is 10.1. The minimum atomic E-state index is -3.24. The van der Waals surface area contributed by atoms with Crippen molar-refractivity contribution < 1.29 is 8.42 Å². The SMILES string of the molecule is CC.CC.CC.CC.CC.CC.CC.CC.CC.CCc1ccccc1C.Cc1ccccc1CS(=O)(=O)c1ccccc1.Cc1ccccc1CSc1ccccc1.Sc1ccccc1. The van der Waals surface area contributed by atoms with Crippen LogP contribution in [0.25, 0.3) is 0 Å². The summed E-state index contributed by atoms with van der Waals surface area (Å²) in [6.07, 6.45) is 1.15. The van der Waals surface area contributed by atoms with Gasteiger partial charge in [0, 0.05) is 15.5 Å². The smallest absolute Gasteiger partial charge is 0.182 e. The van der Waals surface area contributed by atoms with Crippen molar-refractivity contribution >= 4 is 34.2 Å². The third-order valence-electron chi connectivity index (χ3n) is 7.51. The summed E-state index contributed by atoms with van der Waals surface area (Å²) in [6, 6.07) is 53.5. The number of aryl methyl sites for hydroxylation is 4. The Labute approximate surface area is 422 Å². The van der Waals surface area contributed by atoms with E-state index in [9.17, 15) is 8.42 Å². The normalized spacial score (nSPS) is 8.29. The molecule has 2 nitrogen and oxygen atoms in total. The van der Waals surface area contributed by atoms with Crippen molar-refractivity contribution in [2.75, 3.05) is 0 Å². The van der Waals surface area contributed by atoms with Crippen molar-refractivity contribution in [2.24, 2.45) is 0 Å². The molecule has 6 rings (SSSR count). The Morgan fingerprint density at radius 1 is 0.379 bits per heavy atom. The van der Waals surface area contributed by atoms with Crippen LogP contribution in [0.2, 0.25) is 0 Å². The fourth-order valence-corrected chi connectivity index (χ4v) is 7.21. The van der Waals surface area contributed by atoms with Gasteiger partial charge in [-0.1, -0.05) is 259 Å².